The third-order valence-corrected chi connectivity index (χ3v) is 2.49. The van der Waals surface area contributed by atoms with Gasteiger partial charge in [0.05, 0.1) is 6.61 Å². The molecule has 7 heteroatoms. The number of pyridine rings is 1. The summed E-state index contributed by atoms with van der Waals surface area (Å²) in [5.41, 5.74) is -0.260. The third kappa shape index (κ3) is 3.97. The van der Waals surface area contributed by atoms with E-state index in [9.17, 15) is 18.4 Å². The van der Waals surface area contributed by atoms with E-state index in [1.807, 2.05) is 0 Å². The van der Waals surface area contributed by atoms with Gasteiger partial charge in [0.1, 0.15) is 5.56 Å². The maximum absolute atomic E-state index is 13.2. The van der Waals surface area contributed by atoms with Crippen molar-refractivity contribution in [2.75, 3.05) is 13.2 Å². The zero-order chi connectivity index (χ0) is 15.2. The molecule has 0 atom stereocenters. The topological polar surface area (TPSA) is 65.5 Å². The number of aromatic nitrogens is 1. The first kappa shape index (κ1) is 16.0. The molecule has 1 heterocycles. The average molecular weight is 287 g/mol. The van der Waals surface area contributed by atoms with Crippen molar-refractivity contribution in [3.05, 3.63) is 23.4 Å². The Morgan fingerprint density at radius 1 is 1.45 bits per heavy atom. The van der Waals surface area contributed by atoms with Gasteiger partial charge in [-0.05, 0) is 13.0 Å². The van der Waals surface area contributed by atoms with Crippen LogP contribution in [-0.4, -0.2) is 36.4 Å². The molecule has 0 fully saturated rings. The number of hydrogen-bond donors (Lipinski definition) is 0. The smallest absolute Gasteiger partial charge is 0.344 e. The number of esters is 1. The van der Waals surface area contributed by atoms with Crippen LogP contribution >= 0.6 is 0 Å². The molecule has 0 aliphatic rings. The molecule has 1 aromatic heterocycles. The molecule has 0 N–H and O–H groups in total. The number of halogens is 2. The highest BCUT2D eigenvalue weighted by atomic mass is 19.3. The summed E-state index contributed by atoms with van der Waals surface area (Å²) in [6.45, 7) is 2.05. The van der Waals surface area contributed by atoms with E-state index in [1.54, 1.807) is 6.92 Å². The molecule has 0 unspecified atom stereocenters. The lowest BCUT2D eigenvalue weighted by Crippen LogP contribution is -2.25. The quantitative estimate of drug-likeness (QED) is 0.569. The Labute approximate surface area is 114 Å². The summed E-state index contributed by atoms with van der Waals surface area (Å²) >= 11 is 0. The van der Waals surface area contributed by atoms with Crippen LogP contribution in [0.15, 0.2) is 12.3 Å². The SMILES string of the molecule is CCOC(=O)c1c(C=O)ccnc1OCC(F)(F)CC. The molecule has 5 nitrogen and oxygen atoms in total. The number of carbonyl (C=O) groups excluding carboxylic acids is 2. The van der Waals surface area contributed by atoms with Crippen LogP contribution in [0.5, 0.6) is 5.88 Å². The summed E-state index contributed by atoms with van der Waals surface area (Å²) in [5, 5.41) is 0. The maximum Gasteiger partial charge on any atom is 0.344 e. The molecule has 0 spiro atoms. The fourth-order valence-electron chi connectivity index (χ4n) is 1.35. The van der Waals surface area contributed by atoms with Gasteiger partial charge in [-0.15, -0.1) is 0 Å². The Morgan fingerprint density at radius 2 is 2.15 bits per heavy atom. The number of hydrogen-bond acceptors (Lipinski definition) is 5. The minimum absolute atomic E-state index is 0.0201. The van der Waals surface area contributed by atoms with Crippen LogP contribution in [-0.2, 0) is 4.74 Å². The van der Waals surface area contributed by atoms with Crippen molar-refractivity contribution in [2.24, 2.45) is 0 Å². The molecule has 1 rings (SSSR count). The summed E-state index contributed by atoms with van der Waals surface area (Å²) in [6.07, 6.45) is 1.21. The predicted molar refractivity (Wildman–Crippen MR) is 66.3 cm³/mol. The summed E-state index contributed by atoms with van der Waals surface area (Å²) in [5.74, 6) is -4.20. The van der Waals surface area contributed by atoms with E-state index in [-0.39, 0.29) is 23.6 Å². The van der Waals surface area contributed by atoms with Gasteiger partial charge < -0.3 is 9.47 Å². The number of carbonyl (C=O) groups is 2. The predicted octanol–water partition coefficient (Wildman–Crippen LogP) is 2.49. The van der Waals surface area contributed by atoms with E-state index >= 15 is 0 Å². The van der Waals surface area contributed by atoms with E-state index in [0.29, 0.717) is 6.29 Å². The van der Waals surface area contributed by atoms with Crippen molar-refractivity contribution in [3.8, 4) is 5.88 Å². The normalized spacial score (nSPS) is 11.0. The van der Waals surface area contributed by atoms with Crippen LogP contribution in [0.2, 0.25) is 0 Å². The van der Waals surface area contributed by atoms with Crippen LogP contribution < -0.4 is 4.74 Å². The lowest BCUT2D eigenvalue weighted by atomic mass is 10.1. The lowest BCUT2D eigenvalue weighted by Gasteiger charge is -2.16. The lowest BCUT2D eigenvalue weighted by molar-refractivity contribution is -0.0451. The van der Waals surface area contributed by atoms with Crippen LogP contribution in [0, 0.1) is 0 Å². The van der Waals surface area contributed by atoms with E-state index in [4.69, 9.17) is 9.47 Å². The van der Waals surface area contributed by atoms with Gasteiger partial charge in [-0.1, -0.05) is 6.92 Å². The third-order valence-electron chi connectivity index (χ3n) is 2.49. The second-order valence-corrected chi connectivity index (χ2v) is 3.92. The van der Waals surface area contributed by atoms with E-state index in [2.05, 4.69) is 4.98 Å². The van der Waals surface area contributed by atoms with Crippen LogP contribution in [0.25, 0.3) is 0 Å². The fraction of sp³-hybridized carbons (Fsp3) is 0.462. The second kappa shape index (κ2) is 6.93. The highest BCUT2D eigenvalue weighted by molar-refractivity contribution is 6.00. The van der Waals surface area contributed by atoms with Gasteiger partial charge in [-0.25, -0.2) is 18.6 Å². The second-order valence-electron chi connectivity index (χ2n) is 3.92. The molecule has 0 radical (unpaired) electrons. The molecule has 1 aromatic rings. The molecule has 0 bridgehead atoms. The summed E-state index contributed by atoms with van der Waals surface area (Å²) in [7, 11) is 0. The van der Waals surface area contributed by atoms with Crippen molar-refractivity contribution in [1.82, 2.24) is 4.98 Å². The van der Waals surface area contributed by atoms with Gasteiger partial charge >= 0.3 is 5.97 Å². The molecule has 0 saturated heterocycles. The van der Waals surface area contributed by atoms with Gasteiger partial charge in [-0.2, -0.15) is 0 Å². The van der Waals surface area contributed by atoms with Gasteiger partial charge in [-0.3, -0.25) is 4.79 Å². The van der Waals surface area contributed by atoms with Crippen molar-refractivity contribution in [1.29, 1.82) is 0 Å². The summed E-state index contributed by atoms with van der Waals surface area (Å²) < 4.78 is 36.0. The Bertz CT molecular complexity index is 491. The van der Waals surface area contributed by atoms with E-state index < -0.39 is 24.9 Å². The molecule has 0 aliphatic carbocycles. The highest BCUT2D eigenvalue weighted by Gasteiger charge is 2.29. The number of nitrogens with zero attached hydrogens (tertiary/aromatic N) is 1. The average Bonchev–Trinajstić information content (AvgIpc) is 2.44. The zero-order valence-corrected chi connectivity index (χ0v) is 11.2. The van der Waals surface area contributed by atoms with Crippen LogP contribution in [0.1, 0.15) is 41.0 Å². The Hall–Kier alpha value is -2.05. The van der Waals surface area contributed by atoms with Gasteiger partial charge in [0.25, 0.3) is 5.92 Å². The fourth-order valence-corrected chi connectivity index (χ4v) is 1.35. The van der Waals surface area contributed by atoms with Gasteiger partial charge in [0, 0.05) is 18.2 Å². The largest absolute Gasteiger partial charge is 0.471 e. The molecule has 110 valence electrons. The van der Waals surface area contributed by atoms with E-state index in [1.165, 1.54) is 19.2 Å². The van der Waals surface area contributed by atoms with Crippen molar-refractivity contribution in [2.45, 2.75) is 26.2 Å². The van der Waals surface area contributed by atoms with Gasteiger partial charge in [0.15, 0.2) is 12.9 Å². The summed E-state index contributed by atoms with van der Waals surface area (Å²) in [4.78, 5) is 26.4. The minimum Gasteiger partial charge on any atom is -0.471 e. The number of ether oxygens (including phenoxy) is 2. The van der Waals surface area contributed by atoms with Crippen molar-refractivity contribution < 1.29 is 27.8 Å². The monoisotopic (exact) mass is 287 g/mol. The first-order chi connectivity index (χ1) is 9.45. The standard InChI is InChI=1S/C13H15F2NO4/c1-3-13(14,15)8-20-11-10(12(18)19-4-2)9(7-17)5-6-16-11/h5-7H,3-4,8H2,1-2H3. The number of rotatable bonds is 7. The Kier molecular flexibility index (Phi) is 5.54. The van der Waals surface area contributed by atoms with Crippen molar-refractivity contribution in [3.63, 3.8) is 0 Å². The minimum atomic E-state index is -3.04. The number of aldehydes is 1. The van der Waals surface area contributed by atoms with E-state index in [0.717, 1.165) is 0 Å². The first-order valence-electron chi connectivity index (χ1n) is 6.07. The van der Waals surface area contributed by atoms with Crippen molar-refractivity contribution >= 4 is 12.3 Å². The summed E-state index contributed by atoms with van der Waals surface area (Å²) in [6, 6.07) is 1.28. The first-order valence-corrected chi connectivity index (χ1v) is 6.07. The van der Waals surface area contributed by atoms with Crippen LogP contribution in [0.3, 0.4) is 0 Å². The maximum atomic E-state index is 13.2. The molecule has 20 heavy (non-hydrogen) atoms. The Balaban J connectivity index is 3.06. The van der Waals surface area contributed by atoms with Gasteiger partial charge in [0.2, 0.25) is 5.88 Å². The molecule has 0 aromatic carbocycles. The Morgan fingerprint density at radius 3 is 2.70 bits per heavy atom. The molecular weight excluding hydrogens is 272 g/mol. The van der Waals surface area contributed by atoms with Crippen LogP contribution in [0.4, 0.5) is 8.78 Å². The molecule has 0 saturated carbocycles. The number of alkyl halides is 2. The zero-order valence-electron chi connectivity index (χ0n) is 11.2. The molecule has 0 amide bonds. The molecular formula is C13H15F2NO4. The highest BCUT2D eigenvalue weighted by Crippen LogP contribution is 2.23. The molecule has 0 aliphatic heterocycles.